The van der Waals surface area contributed by atoms with E-state index in [-0.39, 0.29) is 37.0 Å². The SMILES string of the molecule is CCOC(=O)C1CCCCN1C(=O)/C=C/c1ccc(Sc2ccc(/C=C/C(=O)N3CCCCC3C(=O)OCC)cc2Cl)c(Cl)c1. The molecule has 2 aliphatic heterocycles. The molecule has 0 bridgehead atoms. The molecule has 2 atom stereocenters. The molecular formula is C34H38Cl2N2O6S. The van der Waals surface area contributed by atoms with E-state index in [1.807, 2.05) is 24.3 Å². The van der Waals surface area contributed by atoms with E-state index in [1.165, 1.54) is 23.9 Å². The third-order valence-corrected chi connectivity index (χ3v) is 9.66. The molecule has 2 aliphatic rings. The first-order chi connectivity index (χ1) is 21.7. The summed E-state index contributed by atoms with van der Waals surface area (Å²) in [6.45, 7) is 5.10. The molecule has 45 heavy (non-hydrogen) atoms. The van der Waals surface area contributed by atoms with Gasteiger partial charge in [-0.3, -0.25) is 9.59 Å². The molecule has 0 radical (unpaired) electrons. The molecular weight excluding hydrogens is 635 g/mol. The van der Waals surface area contributed by atoms with Crippen molar-refractivity contribution in [3.8, 4) is 0 Å². The monoisotopic (exact) mass is 672 g/mol. The number of benzene rings is 2. The van der Waals surface area contributed by atoms with Crippen molar-refractivity contribution in [2.45, 2.75) is 74.2 Å². The largest absolute Gasteiger partial charge is 0.464 e. The first-order valence-corrected chi connectivity index (χ1v) is 16.9. The lowest BCUT2D eigenvalue weighted by Gasteiger charge is -2.33. The van der Waals surface area contributed by atoms with Crippen molar-refractivity contribution in [3.05, 3.63) is 69.7 Å². The fourth-order valence-electron chi connectivity index (χ4n) is 5.41. The van der Waals surface area contributed by atoms with Crippen LogP contribution in [0.2, 0.25) is 10.0 Å². The highest BCUT2D eigenvalue weighted by Gasteiger charge is 2.33. The van der Waals surface area contributed by atoms with Gasteiger partial charge in [0.25, 0.3) is 0 Å². The topological polar surface area (TPSA) is 93.2 Å². The van der Waals surface area contributed by atoms with Crippen LogP contribution >= 0.6 is 35.0 Å². The summed E-state index contributed by atoms with van der Waals surface area (Å²) in [6.07, 6.45) is 11.0. The minimum atomic E-state index is -0.552. The molecule has 8 nitrogen and oxygen atoms in total. The molecule has 0 spiro atoms. The second-order valence-corrected chi connectivity index (χ2v) is 12.6. The summed E-state index contributed by atoms with van der Waals surface area (Å²) in [5.41, 5.74) is 1.50. The Kier molecular flexibility index (Phi) is 13.0. The highest BCUT2D eigenvalue weighted by Crippen LogP contribution is 2.38. The zero-order chi connectivity index (χ0) is 32.3. The number of nitrogens with zero attached hydrogens (tertiary/aromatic N) is 2. The van der Waals surface area contributed by atoms with E-state index < -0.39 is 12.1 Å². The molecule has 4 rings (SSSR count). The van der Waals surface area contributed by atoms with Crippen LogP contribution in [0, 0.1) is 0 Å². The van der Waals surface area contributed by atoms with Gasteiger partial charge in [-0.05, 0) is 99.9 Å². The van der Waals surface area contributed by atoms with Gasteiger partial charge in [0.05, 0.1) is 23.3 Å². The number of ether oxygens (including phenoxy) is 2. The van der Waals surface area contributed by atoms with Crippen LogP contribution < -0.4 is 0 Å². The summed E-state index contributed by atoms with van der Waals surface area (Å²) >= 11 is 14.6. The van der Waals surface area contributed by atoms with Crippen molar-refractivity contribution < 1.29 is 28.7 Å². The summed E-state index contributed by atoms with van der Waals surface area (Å²) in [6, 6.07) is 9.88. The number of likely N-dealkylation sites (tertiary alicyclic amines) is 2. The third-order valence-electron chi connectivity index (χ3n) is 7.66. The number of halogens is 2. The number of hydrogen-bond acceptors (Lipinski definition) is 7. The van der Waals surface area contributed by atoms with Gasteiger partial charge in [-0.15, -0.1) is 0 Å². The predicted molar refractivity (Wildman–Crippen MR) is 177 cm³/mol. The lowest BCUT2D eigenvalue weighted by atomic mass is 10.0. The molecule has 11 heteroatoms. The van der Waals surface area contributed by atoms with Gasteiger partial charge in [-0.2, -0.15) is 0 Å². The number of piperidine rings is 2. The fraction of sp³-hybridized carbons (Fsp3) is 0.412. The Morgan fingerprint density at radius 1 is 0.733 bits per heavy atom. The summed E-state index contributed by atoms with van der Waals surface area (Å²) < 4.78 is 10.3. The Labute approximate surface area is 278 Å². The van der Waals surface area contributed by atoms with Gasteiger partial charge in [0, 0.05) is 35.0 Å². The fourth-order valence-corrected chi connectivity index (χ4v) is 6.84. The van der Waals surface area contributed by atoms with E-state index >= 15 is 0 Å². The second kappa shape index (κ2) is 16.9. The van der Waals surface area contributed by atoms with Gasteiger partial charge in [-0.25, -0.2) is 9.59 Å². The predicted octanol–water partition coefficient (Wildman–Crippen LogP) is 7.06. The molecule has 0 saturated carbocycles. The van der Waals surface area contributed by atoms with Crippen molar-refractivity contribution in [1.29, 1.82) is 0 Å². The number of hydrogen-bond donors (Lipinski definition) is 0. The zero-order valence-electron chi connectivity index (χ0n) is 25.5. The quantitative estimate of drug-likeness (QED) is 0.197. The lowest BCUT2D eigenvalue weighted by molar-refractivity contribution is -0.155. The van der Waals surface area contributed by atoms with E-state index in [0.29, 0.717) is 36.0 Å². The first-order valence-electron chi connectivity index (χ1n) is 15.3. The maximum Gasteiger partial charge on any atom is 0.328 e. The van der Waals surface area contributed by atoms with E-state index in [0.717, 1.165) is 46.6 Å². The van der Waals surface area contributed by atoms with Crippen LogP contribution in [-0.2, 0) is 28.7 Å². The normalized spacial score (nSPS) is 18.8. The van der Waals surface area contributed by atoms with Crippen LogP contribution in [0.5, 0.6) is 0 Å². The maximum absolute atomic E-state index is 12.9. The smallest absolute Gasteiger partial charge is 0.328 e. The molecule has 0 aromatic heterocycles. The summed E-state index contributed by atoms with van der Waals surface area (Å²) in [4.78, 5) is 55.2. The highest BCUT2D eigenvalue weighted by molar-refractivity contribution is 7.99. The van der Waals surface area contributed by atoms with Gasteiger partial charge >= 0.3 is 11.9 Å². The van der Waals surface area contributed by atoms with Gasteiger partial charge < -0.3 is 19.3 Å². The van der Waals surface area contributed by atoms with Crippen molar-refractivity contribution in [1.82, 2.24) is 9.80 Å². The van der Waals surface area contributed by atoms with E-state index in [2.05, 4.69) is 0 Å². The summed E-state index contributed by atoms with van der Waals surface area (Å²) in [5.74, 6) is -1.19. The van der Waals surface area contributed by atoms with Crippen LogP contribution in [0.3, 0.4) is 0 Å². The van der Waals surface area contributed by atoms with E-state index in [9.17, 15) is 19.2 Å². The van der Waals surface area contributed by atoms with Gasteiger partial charge in [-0.1, -0.05) is 47.1 Å². The van der Waals surface area contributed by atoms with Gasteiger partial charge in [0.15, 0.2) is 0 Å². The number of rotatable bonds is 10. The highest BCUT2D eigenvalue weighted by atomic mass is 35.5. The van der Waals surface area contributed by atoms with Crippen LogP contribution in [0.25, 0.3) is 12.2 Å². The lowest BCUT2D eigenvalue weighted by Crippen LogP contribution is -2.48. The van der Waals surface area contributed by atoms with Crippen LogP contribution in [0.4, 0.5) is 0 Å². The molecule has 240 valence electrons. The Morgan fingerprint density at radius 2 is 1.16 bits per heavy atom. The van der Waals surface area contributed by atoms with Crippen LogP contribution in [0.1, 0.15) is 63.5 Å². The maximum atomic E-state index is 12.9. The van der Waals surface area contributed by atoms with E-state index in [1.54, 1.807) is 47.9 Å². The van der Waals surface area contributed by atoms with E-state index in [4.69, 9.17) is 32.7 Å². The minimum absolute atomic E-state index is 0.236. The van der Waals surface area contributed by atoms with Crippen molar-refractivity contribution >= 4 is 70.9 Å². The van der Waals surface area contributed by atoms with Gasteiger partial charge in [0.2, 0.25) is 11.8 Å². The Balaban J connectivity index is 1.38. The number of amides is 2. The third kappa shape index (κ3) is 9.37. The Bertz CT molecular complexity index is 1350. The zero-order valence-corrected chi connectivity index (χ0v) is 27.8. The molecule has 2 aromatic carbocycles. The number of carbonyl (C=O) groups is 4. The van der Waals surface area contributed by atoms with Crippen molar-refractivity contribution in [3.63, 3.8) is 0 Å². The average Bonchev–Trinajstić information content (AvgIpc) is 3.04. The number of esters is 2. The summed E-state index contributed by atoms with van der Waals surface area (Å²) in [7, 11) is 0. The number of carbonyl (C=O) groups excluding carboxylic acids is 4. The Hall–Kier alpha value is -3.27. The van der Waals surface area contributed by atoms with Crippen molar-refractivity contribution in [2.24, 2.45) is 0 Å². The van der Waals surface area contributed by atoms with Crippen molar-refractivity contribution in [2.75, 3.05) is 26.3 Å². The van der Waals surface area contributed by atoms with Crippen LogP contribution in [-0.4, -0.2) is 71.9 Å². The first kappa shape index (κ1) is 34.6. The Morgan fingerprint density at radius 3 is 1.53 bits per heavy atom. The molecule has 2 saturated heterocycles. The second-order valence-electron chi connectivity index (χ2n) is 10.7. The summed E-state index contributed by atoms with van der Waals surface area (Å²) in [5, 5.41) is 1.00. The molecule has 2 fully saturated rings. The average molecular weight is 674 g/mol. The molecule has 0 N–H and O–H groups in total. The molecule has 2 aromatic rings. The molecule has 2 unspecified atom stereocenters. The minimum Gasteiger partial charge on any atom is -0.464 e. The molecule has 2 heterocycles. The molecule has 2 amide bonds. The molecule has 0 aliphatic carbocycles. The van der Waals surface area contributed by atoms with Crippen LogP contribution in [0.15, 0.2) is 58.3 Å². The standard InChI is InChI=1S/C34H38Cl2N2O6S/c1-3-43-33(41)27-9-5-7-19-37(27)31(39)17-13-23-11-15-29(25(35)21-23)45-30-16-12-24(22-26(30)36)14-18-32(40)38-20-8-6-10-28(38)34(42)44-4-2/h11-18,21-22,27-28H,3-10,19-20H2,1-2H3/b17-13+,18-14+. The van der Waals surface area contributed by atoms with Gasteiger partial charge in [0.1, 0.15) is 12.1 Å².